The number of hydrogen-bond acceptors (Lipinski definition) is 6. The lowest BCUT2D eigenvalue weighted by Gasteiger charge is -2.11. The summed E-state index contributed by atoms with van der Waals surface area (Å²) in [6.07, 6.45) is 0. The number of nitrogens with two attached hydrogens (primary N) is 2. The van der Waals surface area contributed by atoms with Gasteiger partial charge in [-0.25, -0.2) is 23.5 Å². The van der Waals surface area contributed by atoms with E-state index >= 15 is 0 Å². The Bertz CT molecular complexity index is 784. The third-order valence-electron chi connectivity index (χ3n) is 2.80. The number of sulfonamides is 1. The van der Waals surface area contributed by atoms with Gasteiger partial charge in [0.15, 0.2) is 5.16 Å². The molecule has 0 aliphatic rings. The van der Waals surface area contributed by atoms with E-state index in [-0.39, 0.29) is 4.90 Å². The van der Waals surface area contributed by atoms with Crippen LogP contribution in [0.2, 0.25) is 0 Å². The Balaban J connectivity index is 2.52. The molecule has 0 spiro atoms. The molecule has 21 heavy (non-hydrogen) atoms. The molecule has 0 amide bonds. The Labute approximate surface area is 128 Å². The maximum atomic E-state index is 11.6. The SMILES string of the molecule is Cc1cc(C)nc(Sc2cc(N)cc(S(N)(=O)=O)c2C)n1. The molecule has 0 aliphatic heterocycles. The van der Waals surface area contributed by atoms with Crippen LogP contribution in [0.1, 0.15) is 17.0 Å². The predicted octanol–water partition coefficient (Wildman–Crippen LogP) is 1.78. The molecular weight excluding hydrogens is 308 g/mol. The summed E-state index contributed by atoms with van der Waals surface area (Å²) < 4.78 is 23.2. The summed E-state index contributed by atoms with van der Waals surface area (Å²) in [6.45, 7) is 5.44. The molecule has 1 aromatic heterocycles. The number of nitrogens with zero attached hydrogens (tertiary/aromatic N) is 2. The van der Waals surface area contributed by atoms with Crippen LogP contribution in [0.5, 0.6) is 0 Å². The third kappa shape index (κ3) is 3.72. The molecule has 0 bridgehead atoms. The quantitative estimate of drug-likeness (QED) is 0.657. The molecule has 0 fully saturated rings. The van der Waals surface area contributed by atoms with Crippen LogP contribution in [-0.2, 0) is 10.0 Å². The summed E-state index contributed by atoms with van der Waals surface area (Å²) in [4.78, 5) is 9.34. The van der Waals surface area contributed by atoms with Gasteiger partial charge < -0.3 is 5.73 Å². The molecule has 6 nitrogen and oxygen atoms in total. The van der Waals surface area contributed by atoms with Crippen LogP contribution in [0.4, 0.5) is 5.69 Å². The van der Waals surface area contributed by atoms with Crippen LogP contribution in [-0.4, -0.2) is 18.4 Å². The lowest BCUT2D eigenvalue weighted by atomic mass is 10.2. The molecule has 0 saturated carbocycles. The van der Waals surface area contributed by atoms with E-state index in [1.165, 1.54) is 17.8 Å². The van der Waals surface area contributed by atoms with Gasteiger partial charge in [-0.2, -0.15) is 0 Å². The van der Waals surface area contributed by atoms with Gasteiger partial charge in [0, 0.05) is 22.0 Å². The average molecular weight is 324 g/mol. The van der Waals surface area contributed by atoms with Crippen molar-refractivity contribution < 1.29 is 8.42 Å². The van der Waals surface area contributed by atoms with Crippen molar-refractivity contribution in [2.75, 3.05) is 5.73 Å². The van der Waals surface area contributed by atoms with Gasteiger partial charge in [-0.05, 0) is 56.3 Å². The fourth-order valence-corrected chi connectivity index (χ4v) is 3.86. The third-order valence-corrected chi connectivity index (χ3v) is 4.85. The Morgan fingerprint density at radius 1 is 1.05 bits per heavy atom. The van der Waals surface area contributed by atoms with E-state index in [1.54, 1.807) is 13.0 Å². The molecular formula is C13H16N4O2S2. The van der Waals surface area contributed by atoms with Gasteiger partial charge in [-0.15, -0.1) is 0 Å². The van der Waals surface area contributed by atoms with Crippen LogP contribution in [0, 0.1) is 20.8 Å². The van der Waals surface area contributed by atoms with Crippen LogP contribution >= 0.6 is 11.8 Å². The maximum Gasteiger partial charge on any atom is 0.238 e. The van der Waals surface area contributed by atoms with E-state index in [0.29, 0.717) is 21.3 Å². The van der Waals surface area contributed by atoms with Crippen LogP contribution in [0.15, 0.2) is 33.1 Å². The van der Waals surface area contributed by atoms with E-state index in [4.69, 9.17) is 10.9 Å². The van der Waals surface area contributed by atoms with Crippen molar-refractivity contribution in [2.24, 2.45) is 5.14 Å². The average Bonchev–Trinajstić information content (AvgIpc) is 2.30. The lowest BCUT2D eigenvalue weighted by Crippen LogP contribution is -2.14. The van der Waals surface area contributed by atoms with E-state index < -0.39 is 10.0 Å². The monoisotopic (exact) mass is 324 g/mol. The van der Waals surface area contributed by atoms with Gasteiger partial charge >= 0.3 is 0 Å². The van der Waals surface area contributed by atoms with Gasteiger partial charge in [0.1, 0.15) is 0 Å². The standard InChI is InChI=1S/C13H16N4O2S2/c1-7-4-8(2)17-13(16-7)20-11-5-10(14)6-12(9(11)3)21(15,18)19/h4-6H,14H2,1-3H3,(H2,15,18,19). The summed E-state index contributed by atoms with van der Waals surface area (Å²) in [7, 11) is -3.82. The first-order valence-electron chi connectivity index (χ1n) is 6.10. The highest BCUT2D eigenvalue weighted by Gasteiger charge is 2.17. The Hall–Kier alpha value is -1.64. The molecule has 1 heterocycles. The normalized spacial score (nSPS) is 11.6. The van der Waals surface area contributed by atoms with Gasteiger partial charge in [0.2, 0.25) is 10.0 Å². The Morgan fingerprint density at radius 2 is 1.62 bits per heavy atom. The summed E-state index contributed by atoms with van der Waals surface area (Å²) >= 11 is 1.26. The predicted molar refractivity (Wildman–Crippen MR) is 82.6 cm³/mol. The van der Waals surface area contributed by atoms with Crippen molar-refractivity contribution in [1.82, 2.24) is 9.97 Å². The van der Waals surface area contributed by atoms with E-state index in [0.717, 1.165) is 11.4 Å². The number of benzene rings is 1. The number of aryl methyl sites for hydroxylation is 2. The first kappa shape index (κ1) is 15.7. The smallest absolute Gasteiger partial charge is 0.238 e. The highest BCUT2D eigenvalue weighted by molar-refractivity contribution is 7.99. The highest BCUT2D eigenvalue weighted by Crippen LogP contribution is 2.33. The molecule has 4 N–H and O–H groups in total. The van der Waals surface area contributed by atoms with Crippen molar-refractivity contribution in [3.8, 4) is 0 Å². The number of rotatable bonds is 3. The van der Waals surface area contributed by atoms with Crippen molar-refractivity contribution in [3.05, 3.63) is 35.2 Å². The maximum absolute atomic E-state index is 11.6. The van der Waals surface area contributed by atoms with Crippen molar-refractivity contribution >= 4 is 27.5 Å². The van der Waals surface area contributed by atoms with Gasteiger partial charge in [-0.3, -0.25) is 0 Å². The first-order chi connectivity index (χ1) is 9.66. The molecule has 0 atom stereocenters. The van der Waals surface area contributed by atoms with E-state index in [1.807, 2.05) is 19.9 Å². The van der Waals surface area contributed by atoms with Crippen LogP contribution in [0.25, 0.3) is 0 Å². The summed E-state index contributed by atoms with van der Waals surface area (Å²) in [5.41, 5.74) is 8.33. The fourth-order valence-electron chi connectivity index (χ4n) is 1.92. The van der Waals surface area contributed by atoms with Gasteiger partial charge in [0.25, 0.3) is 0 Å². The first-order valence-corrected chi connectivity index (χ1v) is 8.46. The fraction of sp³-hybridized carbons (Fsp3) is 0.231. The molecule has 1 aromatic carbocycles. The second-order valence-electron chi connectivity index (χ2n) is 4.72. The van der Waals surface area contributed by atoms with Crippen molar-refractivity contribution in [3.63, 3.8) is 0 Å². The van der Waals surface area contributed by atoms with Crippen LogP contribution in [0.3, 0.4) is 0 Å². The summed E-state index contributed by atoms with van der Waals surface area (Å²) in [6, 6.07) is 4.92. The van der Waals surface area contributed by atoms with Crippen LogP contribution < -0.4 is 10.9 Å². The minimum absolute atomic E-state index is 0.0226. The van der Waals surface area contributed by atoms with Crippen molar-refractivity contribution in [1.29, 1.82) is 0 Å². The summed E-state index contributed by atoms with van der Waals surface area (Å²) in [5.74, 6) is 0. The zero-order valence-corrected chi connectivity index (χ0v) is 13.5. The van der Waals surface area contributed by atoms with E-state index in [2.05, 4.69) is 9.97 Å². The molecule has 0 radical (unpaired) electrons. The lowest BCUT2D eigenvalue weighted by molar-refractivity contribution is 0.597. The minimum atomic E-state index is -3.82. The second-order valence-corrected chi connectivity index (χ2v) is 7.26. The molecule has 0 unspecified atom stereocenters. The zero-order chi connectivity index (χ0) is 15.8. The largest absolute Gasteiger partial charge is 0.399 e. The number of anilines is 1. The Morgan fingerprint density at radius 3 is 2.14 bits per heavy atom. The van der Waals surface area contributed by atoms with Gasteiger partial charge in [0.05, 0.1) is 4.90 Å². The topological polar surface area (TPSA) is 112 Å². The second kappa shape index (κ2) is 5.63. The molecule has 0 saturated heterocycles. The number of nitrogen functional groups attached to an aromatic ring is 1. The minimum Gasteiger partial charge on any atom is -0.399 e. The zero-order valence-electron chi connectivity index (χ0n) is 11.9. The molecule has 8 heteroatoms. The molecule has 2 aromatic rings. The summed E-state index contributed by atoms with van der Waals surface area (Å²) in [5, 5.41) is 5.76. The number of hydrogen-bond donors (Lipinski definition) is 2. The molecule has 112 valence electrons. The van der Waals surface area contributed by atoms with Gasteiger partial charge in [-0.1, -0.05) is 0 Å². The Kier molecular flexibility index (Phi) is 4.22. The highest BCUT2D eigenvalue weighted by atomic mass is 32.2. The number of aromatic nitrogens is 2. The molecule has 2 rings (SSSR count). The van der Waals surface area contributed by atoms with E-state index in [9.17, 15) is 8.42 Å². The number of primary sulfonamides is 1. The van der Waals surface area contributed by atoms with Crippen molar-refractivity contribution in [2.45, 2.75) is 35.7 Å². The molecule has 0 aliphatic carbocycles.